The van der Waals surface area contributed by atoms with Crippen LogP contribution in [0.25, 0.3) is 10.9 Å². The van der Waals surface area contributed by atoms with E-state index < -0.39 is 6.04 Å². The summed E-state index contributed by atoms with van der Waals surface area (Å²) < 4.78 is 15.7. The van der Waals surface area contributed by atoms with Gasteiger partial charge in [-0.1, -0.05) is 67.4 Å². The van der Waals surface area contributed by atoms with E-state index in [1.54, 1.807) is 12.1 Å². The maximum absolute atomic E-state index is 13.8. The molecule has 40 heavy (non-hydrogen) atoms. The summed E-state index contributed by atoms with van der Waals surface area (Å²) in [5.74, 6) is 0.390. The van der Waals surface area contributed by atoms with E-state index in [4.69, 9.17) is 0 Å². The molecule has 1 N–H and O–H groups in total. The molecule has 1 saturated carbocycles. The van der Waals surface area contributed by atoms with Gasteiger partial charge in [0.1, 0.15) is 11.9 Å². The molecule has 2 heterocycles. The largest absolute Gasteiger partial charge is 0.322 e. The molecule has 0 spiro atoms. The maximum atomic E-state index is 13.8. The zero-order valence-corrected chi connectivity index (χ0v) is 22.6. The van der Waals surface area contributed by atoms with Crippen molar-refractivity contribution in [2.75, 3.05) is 6.54 Å². The van der Waals surface area contributed by atoms with E-state index in [0.717, 1.165) is 54.1 Å². The lowest BCUT2D eigenvalue weighted by atomic mass is 10.0. The van der Waals surface area contributed by atoms with Crippen LogP contribution in [0.15, 0.2) is 83.7 Å². The Morgan fingerprint density at radius 1 is 1.00 bits per heavy atom. The number of rotatable bonds is 9. The first-order valence-corrected chi connectivity index (χ1v) is 14.0. The van der Waals surface area contributed by atoms with Gasteiger partial charge in [0.15, 0.2) is 5.82 Å². The van der Waals surface area contributed by atoms with Gasteiger partial charge < -0.3 is 4.98 Å². The minimum Gasteiger partial charge on any atom is -0.322 e. The first kappa shape index (κ1) is 26.1. The van der Waals surface area contributed by atoms with Crippen LogP contribution in [0.1, 0.15) is 65.8 Å². The number of tetrazole rings is 1. The van der Waals surface area contributed by atoms with E-state index in [9.17, 15) is 9.18 Å². The Kier molecular flexibility index (Phi) is 7.51. The Morgan fingerprint density at radius 2 is 1.77 bits per heavy atom. The molecule has 2 aromatic heterocycles. The van der Waals surface area contributed by atoms with Gasteiger partial charge in [-0.15, -0.1) is 5.10 Å². The summed E-state index contributed by atoms with van der Waals surface area (Å²) in [5.41, 5.74) is 4.47. The summed E-state index contributed by atoms with van der Waals surface area (Å²) >= 11 is 0. The molecule has 0 bridgehead atoms. The number of nitrogens with one attached hydrogen (secondary N) is 1. The van der Waals surface area contributed by atoms with Crippen LogP contribution in [-0.2, 0) is 13.0 Å². The quantitative estimate of drug-likeness (QED) is 0.253. The Bertz CT molecular complexity index is 1640. The molecule has 0 saturated heterocycles. The van der Waals surface area contributed by atoms with E-state index in [-0.39, 0.29) is 17.4 Å². The number of hydrogen-bond donors (Lipinski definition) is 1. The van der Waals surface area contributed by atoms with Crippen molar-refractivity contribution in [3.8, 4) is 0 Å². The highest BCUT2D eigenvalue weighted by atomic mass is 19.1. The van der Waals surface area contributed by atoms with Crippen LogP contribution in [0.3, 0.4) is 0 Å². The standard InChI is InChI=1S/C32H33FN6O/c1-22-11-14-25-20-28(32(40)34-29(25)19-22)30(31-35-36-37-39(31)27-9-5-6-10-27)38(18-17-23-7-3-2-4-8-23)21-24-12-15-26(33)16-13-24/h2-4,7-8,11-16,19-20,27,30H,5-6,9-10,17-18,21H2,1H3,(H,34,40)/t30-/m0/s1. The van der Waals surface area contributed by atoms with E-state index in [2.05, 4.69) is 37.5 Å². The summed E-state index contributed by atoms with van der Waals surface area (Å²) in [4.78, 5) is 19.2. The van der Waals surface area contributed by atoms with Gasteiger partial charge >= 0.3 is 0 Å². The Balaban J connectivity index is 1.49. The second kappa shape index (κ2) is 11.5. The predicted octanol–water partition coefficient (Wildman–Crippen LogP) is 5.91. The number of pyridine rings is 1. The number of aryl methyl sites for hydroxylation is 1. The molecule has 7 nitrogen and oxygen atoms in total. The van der Waals surface area contributed by atoms with E-state index in [0.29, 0.717) is 24.5 Å². The summed E-state index contributed by atoms with van der Waals surface area (Å²) in [5, 5.41) is 14.1. The Labute approximate surface area is 232 Å². The number of halogens is 1. The van der Waals surface area contributed by atoms with Crippen LogP contribution in [0.2, 0.25) is 0 Å². The number of aromatic nitrogens is 5. The smallest absolute Gasteiger partial charge is 0.253 e. The Hall–Kier alpha value is -4.17. The maximum Gasteiger partial charge on any atom is 0.253 e. The highest BCUT2D eigenvalue weighted by Crippen LogP contribution is 2.34. The number of nitrogens with zero attached hydrogens (tertiary/aromatic N) is 5. The SMILES string of the molecule is Cc1ccc2cc([C@@H](c3nnnn3C3CCCC3)N(CCc3ccccc3)Cc3ccc(F)cc3)c(=O)[nH]c2c1. The number of aromatic amines is 1. The van der Waals surface area contributed by atoms with Gasteiger partial charge in [0.25, 0.3) is 5.56 Å². The number of fused-ring (bicyclic) bond motifs is 1. The molecule has 204 valence electrons. The Morgan fingerprint density at radius 3 is 2.55 bits per heavy atom. The van der Waals surface area contributed by atoms with Gasteiger partial charge in [-0.2, -0.15) is 0 Å². The summed E-state index contributed by atoms with van der Waals surface area (Å²) in [6, 6.07) is 24.6. The minimum absolute atomic E-state index is 0.159. The van der Waals surface area contributed by atoms with Crippen LogP contribution in [-0.4, -0.2) is 36.6 Å². The van der Waals surface area contributed by atoms with Crippen molar-refractivity contribution < 1.29 is 4.39 Å². The molecule has 0 aliphatic heterocycles. The van der Waals surface area contributed by atoms with Crippen molar-refractivity contribution in [3.63, 3.8) is 0 Å². The molecule has 3 aromatic carbocycles. The monoisotopic (exact) mass is 536 g/mol. The van der Waals surface area contributed by atoms with Gasteiger partial charge in [0.05, 0.1) is 6.04 Å². The fourth-order valence-corrected chi connectivity index (χ4v) is 5.86. The van der Waals surface area contributed by atoms with Gasteiger partial charge in [0, 0.05) is 24.2 Å². The summed E-state index contributed by atoms with van der Waals surface area (Å²) in [6.07, 6.45) is 5.07. The molecular weight excluding hydrogens is 503 g/mol. The highest BCUT2D eigenvalue weighted by Gasteiger charge is 2.33. The second-order valence-corrected chi connectivity index (χ2v) is 10.8. The zero-order chi connectivity index (χ0) is 27.5. The molecule has 0 radical (unpaired) electrons. The molecule has 0 unspecified atom stereocenters. The van der Waals surface area contributed by atoms with Crippen LogP contribution in [0.5, 0.6) is 0 Å². The van der Waals surface area contributed by atoms with Crippen molar-refractivity contribution >= 4 is 10.9 Å². The van der Waals surface area contributed by atoms with Crippen LogP contribution in [0.4, 0.5) is 4.39 Å². The van der Waals surface area contributed by atoms with Crippen molar-refractivity contribution in [2.24, 2.45) is 0 Å². The second-order valence-electron chi connectivity index (χ2n) is 10.8. The average Bonchev–Trinajstić information content (AvgIpc) is 3.66. The molecule has 0 amide bonds. The van der Waals surface area contributed by atoms with Crippen LogP contribution in [0, 0.1) is 12.7 Å². The number of benzene rings is 3. The summed E-state index contributed by atoms with van der Waals surface area (Å²) in [6.45, 7) is 3.16. The lowest BCUT2D eigenvalue weighted by molar-refractivity contribution is 0.201. The number of H-pyrrole nitrogens is 1. The summed E-state index contributed by atoms with van der Waals surface area (Å²) in [7, 11) is 0. The van der Waals surface area contributed by atoms with E-state index in [1.165, 1.54) is 17.7 Å². The van der Waals surface area contributed by atoms with Crippen LogP contribution >= 0.6 is 0 Å². The highest BCUT2D eigenvalue weighted by molar-refractivity contribution is 5.79. The first-order valence-electron chi connectivity index (χ1n) is 14.0. The van der Waals surface area contributed by atoms with Gasteiger partial charge in [-0.05, 0) is 83.0 Å². The normalized spacial score (nSPS) is 14.8. The topological polar surface area (TPSA) is 79.7 Å². The third kappa shape index (κ3) is 5.58. The molecule has 1 aliphatic carbocycles. The molecule has 8 heteroatoms. The molecule has 1 fully saturated rings. The van der Waals surface area contributed by atoms with Crippen molar-refractivity contribution in [1.82, 2.24) is 30.1 Å². The van der Waals surface area contributed by atoms with Gasteiger partial charge in [-0.25, -0.2) is 9.07 Å². The third-order valence-corrected chi connectivity index (χ3v) is 7.95. The van der Waals surface area contributed by atoms with Gasteiger partial charge in [-0.3, -0.25) is 9.69 Å². The predicted molar refractivity (Wildman–Crippen MR) is 153 cm³/mol. The molecule has 6 rings (SSSR count). The lowest BCUT2D eigenvalue weighted by Crippen LogP contribution is -2.36. The molecule has 1 atom stereocenters. The lowest BCUT2D eigenvalue weighted by Gasteiger charge is -2.32. The van der Waals surface area contributed by atoms with E-state index in [1.807, 2.05) is 54.1 Å². The van der Waals surface area contributed by atoms with Gasteiger partial charge in [0.2, 0.25) is 0 Å². The molecule has 1 aliphatic rings. The third-order valence-electron chi connectivity index (χ3n) is 7.95. The fourth-order valence-electron chi connectivity index (χ4n) is 5.86. The molecular formula is C32H33FN6O. The first-order chi connectivity index (χ1) is 19.5. The minimum atomic E-state index is -0.501. The fraction of sp³-hybridized carbons (Fsp3) is 0.312. The van der Waals surface area contributed by atoms with Crippen molar-refractivity contribution in [1.29, 1.82) is 0 Å². The molecule has 5 aromatic rings. The van der Waals surface area contributed by atoms with Crippen LogP contribution < -0.4 is 5.56 Å². The van der Waals surface area contributed by atoms with Crippen molar-refractivity contribution in [2.45, 2.75) is 57.7 Å². The number of hydrogen-bond acceptors (Lipinski definition) is 5. The van der Waals surface area contributed by atoms with E-state index >= 15 is 0 Å². The average molecular weight is 537 g/mol. The van der Waals surface area contributed by atoms with Crippen molar-refractivity contribution in [3.05, 3.63) is 123 Å². The zero-order valence-electron chi connectivity index (χ0n) is 22.6.